The molecular formula is C23H33IN4O. The second-order valence-electron chi connectivity index (χ2n) is 7.37. The average Bonchev–Trinajstić information content (AvgIpc) is 2.72. The molecule has 0 saturated carbocycles. The Hall–Kier alpha value is -1.64. The summed E-state index contributed by atoms with van der Waals surface area (Å²) in [5.41, 5.74) is 5.15. The molecule has 0 amide bonds. The molecular weight excluding hydrogens is 475 g/mol. The first-order valence-electron chi connectivity index (χ1n) is 10.0. The standard InChI is InChI=1S/C23H32N4O.HI/c1-18-7-9-20(10-8-18)16-25-23(24-3)26-17-22(27-11-13-28-14-12-27)21-6-4-5-19(2)15-21;/h4-10,15,22H,11-14,16-17H2,1-3H3,(H2,24,25,26);1H. The van der Waals surface area contributed by atoms with Gasteiger partial charge in [-0.3, -0.25) is 9.89 Å². The molecule has 2 aromatic carbocycles. The second-order valence-corrected chi connectivity index (χ2v) is 7.37. The molecule has 0 spiro atoms. The van der Waals surface area contributed by atoms with E-state index in [4.69, 9.17) is 4.74 Å². The zero-order valence-electron chi connectivity index (χ0n) is 17.6. The number of aryl methyl sites for hydroxylation is 2. The highest BCUT2D eigenvalue weighted by Crippen LogP contribution is 2.22. The fourth-order valence-electron chi connectivity index (χ4n) is 3.53. The average molecular weight is 508 g/mol. The largest absolute Gasteiger partial charge is 0.379 e. The number of hydrogen-bond donors (Lipinski definition) is 2. The molecule has 0 aromatic heterocycles. The Labute approximate surface area is 192 Å². The van der Waals surface area contributed by atoms with Gasteiger partial charge in [-0.2, -0.15) is 0 Å². The monoisotopic (exact) mass is 508 g/mol. The van der Waals surface area contributed by atoms with Crippen LogP contribution in [0.3, 0.4) is 0 Å². The molecule has 1 saturated heterocycles. The maximum Gasteiger partial charge on any atom is 0.191 e. The lowest BCUT2D eigenvalue weighted by molar-refractivity contribution is 0.0170. The first-order chi connectivity index (χ1) is 13.7. The van der Waals surface area contributed by atoms with E-state index in [2.05, 4.69) is 82.9 Å². The van der Waals surface area contributed by atoms with E-state index in [0.717, 1.165) is 45.4 Å². The number of guanidine groups is 1. The van der Waals surface area contributed by atoms with Crippen molar-refractivity contribution in [2.24, 2.45) is 4.99 Å². The Bertz CT molecular complexity index is 773. The van der Waals surface area contributed by atoms with E-state index < -0.39 is 0 Å². The smallest absolute Gasteiger partial charge is 0.191 e. The van der Waals surface area contributed by atoms with Crippen LogP contribution in [-0.2, 0) is 11.3 Å². The molecule has 1 atom stereocenters. The summed E-state index contributed by atoms with van der Waals surface area (Å²) in [6.07, 6.45) is 0. The van der Waals surface area contributed by atoms with Crippen molar-refractivity contribution in [1.82, 2.24) is 15.5 Å². The lowest BCUT2D eigenvalue weighted by Gasteiger charge is -2.35. The lowest BCUT2D eigenvalue weighted by atomic mass is 10.0. The van der Waals surface area contributed by atoms with Crippen LogP contribution in [0.4, 0.5) is 0 Å². The van der Waals surface area contributed by atoms with Crippen molar-refractivity contribution in [2.45, 2.75) is 26.4 Å². The van der Waals surface area contributed by atoms with Gasteiger partial charge in [0.1, 0.15) is 0 Å². The molecule has 1 unspecified atom stereocenters. The first kappa shape index (κ1) is 23.6. The SMILES string of the molecule is CN=C(NCc1ccc(C)cc1)NCC(c1cccc(C)c1)N1CCOCC1.I. The van der Waals surface area contributed by atoms with E-state index in [1.807, 2.05) is 7.05 Å². The van der Waals surface area contributed by atoms with Gasteiger partial charge in [0.2, 0.25) is 0 Å². The highest BCUT2D eigenvalue weighted by molar-refractivity contribution is 14.0. The van der Waals surface area contributed by atoms with Crippen molar-refractivity contribution in [3.05, 3.63) is 70.8 Å². The molecule has 2 aromatic rings. The molecule has 0 radical (unpaired) electrons. The number of benzene rings is 2. The number of rotatable bonds is 6. The van der Waals surface area contributed by atoms with Gasteiger partial charge in [-0.05, 0) is 25.0 Å². The molecule has 6 heteroatoms. The summed E-state index contributed by atoms with van der Waals surface area (Å²) in [5, 5.41) is 6.94. The second kappa shape index (κ2) is 12.1. The predicted molar refractivity (Wildman–Crippen MR) is 131 cm³/mol. The first-order valence-corrected chi connectivity index (χ1v) is 10.0. The zero-order chi connectivity index (χ0) is 19.8. The van der Waals surface area contributed by atoms with E-state index in [1.165, 1.54) is 22.3 Å². The summed E-state index contributed by atoms with van der Waals surface area (Å²) in [5.74, 6) is 0.825. The quantitative estimate of drug-likeness (QED) is 0.356. The van der Waals surface area contributed by atoms with E-state index in [1.54, 1.807) is 0 Å². The van der Waals surface area contributed by atoms with Crippen molar-refractivity contribution >= 4 is 29.9 Å². The van der Waals surface area contributed by atoms with Gasteiger partial charge in [0.05, 0.1) is 19.3 Å². The molecule has 1 aliphatic heterocycles. The van der Waals surface area contributed by atoms with Gasteiger partial charge in [0.25, 0.3) is 0 Å². The van der Waals surface area contributed by atoms with Gasteiger partial charge < -0.3 is 15.4 Å². The van der Waals surface area contributed by atoms with E-state index in [9.17, 15) is 0 Å². The third-order valence-electron chi connectivity index (χ3n) is 5.18. The summed E-state index contributed by atoms with van der Waals surface area (Å²) >= 11 is 0. The third kappa shape index (κ3) is 7.28. The molecule has 0 aliphatic carbocycles. The van der Waals surface area contributed by atoms with Gasteiger partial charge >= 0.3 is 0 Å². The number of halogens is 1. The van der Waals surface area contributed by atoms with Crippen molar-refractivity contribution in [3.8, 4) is 0 Å². The zero-order valence-corrected chi connectivity index (χ0v) is 20.0. The molecule has 1 fully saturated rings. The van der Waals surface area contributed by atoms with Gasteiger partial charge in [0.15, 0.2) is 5.96 Å². The molecule has 5 nitrogen and oxygen atoms in total. The summed E-state index contributed by atoms with van der Waals surface area (Å²) in [7, 11) is 1.82. The minimum Gasteiger partial charge on any atom is -0.379 e. The van der Waals surface area contributed by atoms with Crippen LogP contribution in [0.5, 0.6) is 0 Å². The van der Waals surface area contributed by atoms with Crippen LogP contribution in [0.25, 0.3) is 0 Å². The molecule has 1 heterocycles. The minimum atomic E-state index is 0. The van der Waals surface area contributed by atoms with Crippen molar-refractivity contribution < 1.29 is 4.74 Å². The fraction of sp³-hybridized carbons (Fsp3) is 0.435. The van der Waals surface area contributed by atoms with Gasteiger partial charge in [0, 0.05) is 33.2 Å². The van der Waals surface area contributed by atoms with Crippen LogP contribution in [-0.4, -0.2) is 50.8 Å². The maximum atomic E-state index is 5.55. The van der Waals surface area contributed by atoms with E-state index in [-0.39, 0.29) is 24.0 Å². The van der Waals surface area contributed by atoms with Crippen LogP contribution in [0.1, 0.15) is 28.3 Å². The van der Waals surface area contributed by atoms with E-state index in [0.29, 0.717) is 6.04 Å². The summed E-state index contributed by atoms with van der Waals surface area (Å²) in [4.78, 5) is 6.90. The van der Waals surface area contributed by atoms with Gasteiger partial charge in [-0.1, -0.05) is 59.7 Å². The molecule has 29 heavy (non-hydrogen) atoms. The van der Waals surface area contributed by atoms with Gasteiger partial charge in [-0.15, -0.1) is 24.0 Å². The molecule has 158 valence electrons. The van der Waals surface area contributed by atoms with Crippen molar-refractivity contribution in [2.75, 3.05) is 39.9 Å². The van der Waals surface area contributed by atoms with Gasteiger partial charge in [-0.25, -0.2) is 0 Å². The van der Waals surface area contributed by atoms with Crippen LogP contribution in [0.15, 0.2) is 53.5 Å². The molecule has 3 rings (SSSR count). The topological polar surface area (TPSA) is 48.9 Å². The van der Waals surface area contributed by atoms with Crippen LogP contribution < -0.4 is 10.6 Å². The minimum absolute atomic E-state index is 0. The summed E-state index contributed by atoms with van der Waals surface area (Å²) < 4.78 is 5.55. The number of aliphatic imine (C=N–C) groups is 1. The molecule has 0 bridgehead atoms. The number of morpholine rings is 1. The highest BCUT2D eigenvalue weighted by atomic mass is 127. The van der Waals surface area contributed by atoms with Crippen LogP contribution >= 0.6 is 24.0 Å². The van der Waals surface area contributed by atoms with Crippen LogP contribution in [0.2, 0.25) is 0 Å². The third-order valence-corrected chi connectivity index (χ3v) is 5.18. The maximum absolute atomic E-state index is 5.55. The lowest BCUT2D eigenvalue weighted by Crippen LogP contribution is -2.46. The Morgan fingerprint density at radius 3 is 2.41 bits per heavy atom. The molecule has 1 aliphatic rings. The number of nitrogens with zero attached hydrogens (tertiary/aromatic N) is 2. The Kier molecular flexibility index (Phi) is 9.90. The Morgan fingerprint density at radius 2 is 1.76 bits per heavy atom. The number of ether oxygens (including phenoxy) is 1. The Balaban J connectivity index is 0.00000300. The summed E-state index contributed by atoms with van der Waals surface area (Å²) in [6, 6.07) is 17.7. The number of nitrogens with one attached hydrogen (secondary N) is 2. The Morgan fingerprint density at radius 1 is 1.03 bits per heavy atom. The highest BCUT2D eigenvalue weighted by Gasteiger charge is 2.23. The van der Waals surface area contributed by atoms with Crippen molar-refractivity contribution in [3.63, 3.8) is 0 Å². The predicted octanol–water partition coefficient (Wildman–Crippen LogP) is 3.66. The summed E-state index contributed by atoms with van der Waals surface area (Å²) in [6.45, 7) is 9.31. The van der Waals surface area contributed by atoms with E-state index >= 15 is 0 Å². The molecule has 2 N–H and O–H groups in total. The number of hydrogen-bond acceptors (Lipinski definition) is 3. The fourth-order valence-corrected chi connectivity index (χ4v) is 3.53. The van der Waals surface area contributed by atoms with Crippen molar-refractivity contribution in [1.29, 1.82) is 0 Å². The van der Waals surface area contributed by atoms with Crippen LogP contribution in [0, 0.1) is 13.8 Å². The normalized spacial score (nSPS) is 16.0.